The lowest BCUT2D eigenvalue weighted by Crippen LogP contribution is -2.16. The van der Waals surface area contributed by atoms with Crippen LogP contribution in [0, 0.1) is 0 Å². The van der Waals surface area contributed by atoms with Crippen molar-refractivity contribution in [2.75, 3.05) is 4.90 Å². The molecule has 0 radical (unpaired) electrons. The van der Waals surface area contributed by atoms with E-state index in [1.54, 1.807) is 0 Å². The molecule has 0 spiro atoms. The molecule has 0 fully saturated rings. The molecule has 0 unspecified atom stereocenters. The van der Waals surface area contributed by atoms with Gasteiger partial charge in [0.1, 0.15) is 22.3 Å². The van der Waals surface area contributed by atoms with Crippen LogP contribution in [0.25, 0.3) is 123 Å². The van der Waals surface area contributed by atoms with Gasteiger partial charge in [-0.2, -0.15) is 0 Å². The van der Waals surface area contributed by atoms with E-state index >= 15 is 0 Å². The molecule has 3 aromatic heterocycles. The van der Waals surface area contributed by atoms with E-state index in [0.717, 1.165) is 99.9 Å². The molecule has 1 aliphatic carbocycles. The van der Waals surface area contributed by atoms with E-state index in [2.05, 4.69) is 219 Å². The van der Waals surface area contributed by atoms with Gasteiger partial charge in [0.2, 0.25) is 0 Å². The van der Waals surface area contributed by atoms with Gasteiger partial charge >= 0.3 is 0 Å². The number of rotatable bonds is 9. The lowest BCUT2D eigenvalue weighted by Gasteiger charge is -2.29. The highest BCUT2D eigenvalue weighted by molar-refractivity contribution is 6.13. The van der Waals surface area contributed by atoms with Gasteiger partial charge in [-0.05, 0) is 99.1 Å². The van der Waals surface area contributed by atoms with Crippen molar-refractivity contribution in [2.45, 2.75) is 19.3 Å². The van der Waals surface area contributed by atoms with Crippen LogP contribution in [0.5, 0.6) is 0 Å². The van der Waals surface area contributed by atoms with Crippen molar-refractivity contribution in [1.29, 1.82) is 0 Å². The van der Waals surface area contributed by atoms with E-state index in [1.165, 1.54) is 33.4 Å². The normalized spacial score (nSPS) is 12.6. The van der Waals surface area contributed by atoms with E-state index in [-0.39, 0.29) is 5.41 Å². The smallest absolute Gasteiger partial charge is 0.164 e. The van der Waals surface area contributed by atoms with Crippen molar-refractivity contribution in [3.63, 3.8) is 0 Å². The number of benzene rings is 11. The van der Waals surface area contributed by atoms with Crippen LogP contribution in [0.3, 0.4) is 0 Å². The van der Waals surface area contributed by atoms with Gasteiger partial charge in [-0.15, -0.1) is 0 Å². The first kappa shape index (κ1) is 45.2. The van der Waals surface area contributed by atoms with Crippen molar-refractivity contribution in [1.82, 2.24) is 15.0 Å². The summed E-state index contributed by atoms with van der Waals surface area (Å²) in [7, 11) is 0. The molecule has 0 saturated carbocycles. The van der Waals surface area contributed by atoms with Crippen molar-refractivity contribution < 1.29 is 8.83 Å². The Kier molecular flexibility index (Phi) is 10.4. The Morgan fingerprint density at radius 2 is 0.833 bits per heavy atom. The van der Waals surface area contributed by atoms with Gasteiger partial charge in [-0.25, -0.2) is 15.0 Å². The quantitative estimate of drug-likeness (QED) is 0.144. The Bertz CT molecular complexity index is 4620. The number of nitrogens with zero attached hydrogens (tertiary/aromatic N) is 4. The van der Waals surface area contributed by atoms with Crippen molar-refractivity contribution in [3.05, 3.63) is 266 Å². The molecule has 0 bridgehead atoms. The van der Waals surface area contributed by atoms with Gasteiger partial charge in [-0.3, -0.25) is 0 Å². The lowest BCUT2D eigenvalue weighted by molar-refractivity contribution is 0.660. The number of fused-ring (bicyclic) bond motifs is 9. The molecule has 0 aliphatic heterocycles. The average Bonchev–Trinajstić information content (AvgIpc) is 4.37. The molecular weight excluding hydrogens is 953 g/mol. The summed E-state index contributed by atoms with van der Waals surface area (Å²) < 4.78 is 13.0. The zero-order valence-electron chi connectivity index (χ0n) is 42.9. The third-order valence-corrected chi connectivity index (χ3v) is 15.8. The molecule has 6 heteroatoms. The van der Waals surface area contributed by atoms with E-state index in [1.807, 2.05) is 54.6 Å². The van der Waals surface area contributed by atoms with Crippen molar-refractivity contribution in [3.8, 4) is 78.7 Å². The second-order valence-corrected chi connectivity index (χ2v) is 20.7. The third-order valence-electron chi connectivity index (χ3n) is 15.8. The average molecular weight is 1000 g/mol. The van der Waals surface area contributed by atoms with Crippen molar-refractivity contribution >= 4 is 60.9 Å². The Labute approximate surface area is 451 Å². The van der Waals surface area contributed by atoms with E-state index in [9.17, 15) is 0 Å². The maximum absolute atomic E-state index is 6.62. The minimum absolute atomic E-state index is 0.138. The first-order chi connectivity index (χ1) is 38.4. The molecular formula is C72H48N4O2. The predicted molar refractivity (Wildman–Crippen MR) is 319 cm³/mol. The summed E-state index contributed by atoms with van der Waals surface area (Å²) in [5.41, 5.74) is 20.9. The second kappa shape index (κ2) is 18.0. The van der Waals surface area contributed by atoms with Crippen LogP contribution in [0.15, 0.2) is 264 Å². The highest BCUT2D eigenvalue weighted by Crippen LogP contribution is 2.54. The van der Waals surface area contributed by atoms with Gasteiger partial charge in [0.25, 0.3) is 0 Å². The van der Waals surface area contributed by atoms with Crippen LogP contribution in [0.1, 0.15) is 25.0 Å². The van der Waals surface area contributed by atoms with Gasteiger partial charge in [0, 0.05) is 66.2 Å². The van der Waals surface area contributed by atoms with E-state index < -0.39 is 0 Å². The first-order valence-electron chi connectivity index (χ1n) is 26.5. The number of hydrogen-bond acceptors (Lipinski definition) is 6. The minimum atomic E-state index is -0.138. The molecule has 11 aromatic carbocycles. The number of furan rings is 2. The molecule has 3 heterocycles. The highest BCUT2D eigenvalue weighted by atomic mass is 16.3. The SMILES string of the molecule is CC1(C)c2ccccc2-c2c(N(c3ccc(-c4ccccc4)cc3)c3ccc(-c4ccc5oc6cccc(-c7nc(-c8ccccc8)nc(-c8ccc(-c9cccc%10c9oc9ccccc9%10)cc8)n7)c6c5c4)cc3)cccc21. The lowest BCUT2D eigenvalue weighted by atomic mass is 9.82. The minimum Gasteiger partial charge on any atom is -0.456 e. The summed E-state index contributed by atoms with van der Waals surface area (Å²) in [5.74, 6) is 1.73. The third kappa shape index (κ3) is 7.44. The van der Waals surface area contributed by atoms with Gasteiger partial charge < -0.3 is 13.7 Å². The summed E-state index contributed by atoms with van der Waals surface area (Å²) in [6.45, 7) is 4.68. The topological polar surface area (TPSA) is 68.2 Å². The number of anilines is 3. The Hall–Kier alpha value is -10.2. The Balaban J connectivity index is 0.818. The van der Waals surface area contributed by atoms with Gasteiger partial charge in [0.15, 0.2) is 17.5 Å². The highest BCUT2D eigenvalue weighted by Gasteiger charge is 2.37. The number of hydrogen-bond donors (Lipinski definition) is 0. The molecule has 15 rings (SSSR count). The summed E-state index contributed by atoms with van der Waals surface area (Å²) in [4.78, 5) is 18.0. The molecule has 0 amide bonds. The molecule has 368 valence electrons. The largest absolute Gasteiger partial charge is 0.456 e. The van der Waals surface area contributed by atoms with Crippen LogP contribution >= 0.6 is 0 Å². The monoisotopic (exact) mass is 1000 g/mol. The maximum Gasteiger partial charge on any atom is 0.164 e. The van der Waals surface area contributed by atoms with Crippen LogP contribution in [-0.2, 0) is 5.41 Å². The van der Waals surface area contributed by atoms with Crippen LogP contribution < -0.4 is 4.90 Å². The molecule has 14 aromatic rings. The summed E-state index contributed by atoms with van der Waals surface area (Å²) in [5, 5.41) is 4.13. The van der Waals surface area contributed by atoms with E-state index in [0.29, 0.717) is 17.5 Å². The standard InChI is InChI=1S/C72H48N4O2/c1-72(2)60-25-11-9-21-57(60)67-61(72)26-15-27-62(67)76(52-39-34-46(35-40-52)45-16-5-3-6-17-45)53-41-36-47(37-42-53)51-38-43-64-59(44-51)66-58(24-14-29-65(66)77-64)71-74-69(49-18-7-4-8-19-49)73-70(75-71)50-32-30-48(31-33-50)54-22-13-23-56-55-20-10-12-28-63(55)78-68(54)56/h3-44H,1-2H3. The van der Waals surface area contributed by atoms with Gasteiger partial charge in [0.05, 0.1) is 5.69 Å². The fourth-order valence-electron chi connectivity index (χ4n) is 11.9. The summed E-state index contributed by atoms with van der Waals surface area (Å²) in [6, 6.07) is 89.8. The Morgan fingerprint density at radius 3 is 1.59 bits per heavy atom. The maximum atomic E-state index is 6.62. The molecule has 6 nitrogen and oxygen atoms in total. The van der Waals surface area contributed by atoms with Gasteiger partial charge in [-0.1, -0.05) is 214 Å². The van der Waals surface area contributed by atoms with Crippen LogP contribution in [-0.4, -0.2) is 15.0 Å². The van der Waals surface area contributed by atoms with Crippen molar-refractivity contribution in [2.24, 2.45) is 0 Å². The molecule has 1 aliphatic rings. The zero-order chi connectivity index (χ0) is 51.9. The van der Waals surface area contributed by atoms with Crippen LogP contribution in [0.2, 0.25) is 0 Å². The fourth-order valence-corrected chi connectivity index (χ4v) is 11.9. The summed E-state index contributed by atoms with van der Waals surface area (Å²) >= 11 is 0. The Morgan fingerprint density at radius 1 is 0.333 bits per heavy atom. The molecule has 0 saturated heterocycles. The molecule has 0 atom stereocenters. The van der Waals surface area contributed by atoms with E-state index in [4.69, 9.17) is 23.8 Å². The van der Waals surface area contributed by atoms with Crippen LogP contribution in [0.4, 0.5) is 17.1 Å². The second-order valence-electron chi connectivity index (χ2n) is 20.7. The number of para-hydroxylation sites is 2. The first-order valence-corrected chi connectivity index (χ1v) is 26.5. The fraction of sp³-hybridized carbons (Fsp3) is 0.0417. The predicted octanol–water partition coefficient (Wildman–Crippen LogP) is 19.4. The summed E-state index contributed by atoms with van der Waals surface area (Å²) in [6.07, 6.45) is 0. The molecule has 78 heavy (non-hydrogen) atoms. The number of aromatic nitrogens is 3. The molecule has 0 N–H and O–H groups in total. The zero-order valence-corrected chi connectivity index (χ0v) is 42.9.